The van der Waals surface area contributed by atoms with Crippen molar-refractivity contribution in [3.63, 3.8) is 0 Å². The normalized spacial score (nSPS) is 11.2. The number of hydrogen-bond acceptors (Lipinski definition) is 3. The molecule has 0 bridgehead atoms. The highest BCUT2D eigenvalue weighted by Crippen LogP contribution is 2.34. The lowest BCUT2D eigenvalue weighted by atomic mass is 9.96. The van der Waals surface area contributed by atoms with Crippen molar-refractivity contribution in [1.29, 1.82) is 0 Å². The lowest BCUT2D eigenvalue weighted by Crippen LogP contribution is -2.00. The quantitative estimate of drug-likeness (QED) is 0.200. The highest BCUT2D eigenvalue weighted by atomic mass is 79.9. The van der Waals surface area contributed by atoms with Crippen LogP contribution in [-0.4, -0.2) is 15.0 Å². The Morgan fingerprint density at radius 3 is 1.59 bits per heavy atom. The summed E-state index contributed by atoms with van der Waals surface area (Å²) in [4.78, 5) is 14.7. The number of hydrogen-bond donors (Lipinski definition) is 0. The highest BCUT2D eigenvalue weighted by Gasteiger charge is 2.14. The Labute approximate surface area is 235 Å². The lowest BCUT2D eigenvalue weighted by Gasteiger charge is -2.11. The molecule has 0 aliphatic carbocycles. The zero-order chi connectivity index (χ0) is 26.2. The van der Waals surface area contributed by atoms with Crippen molar-refractivity contribution < 1.29 is 0 Å². The number of nitrogens with zero attached hydrogens (tertiary/aromatic N) is 3. The Kier molecular flexibility index (Phi) is 5.95. The molecule has 0 radical (unpaired) electrons. The Balaban J connectivity index is 1.37. The van der Waals surface area contributed by atoms with E-state index < -0.39 is 0 Å². The predicted octanol–water partition coefficient (Wildman–Crippen LogP) is 9.61. The van der Waals surface area contributed by atoms with Crippen molar-refractivity contribution in [2.75, 3.05) is 0 Å². The van der Waals surface area contributed by atoms with Gasteiger partial charge in [-0.1, -0.05) is 125 Å². The van der Waals surface area contributed by atoms with Crippen molar-refractivity contribution >= 4 is 37.5 Å². The Morgan fingerprint density at radius 1 is 0.359 bits per heavy atom. The van der Waals surface area contributed by atoms with Crippen LogP contribution in [0.4, 0.5) is 0 Å². The summed E-state index contributed by atoms with van der Waals surface area (Å²) in [6.07, 6.45) is 0. The molecule has 0 N–H and O–H groups in total. The summed E-state index contributed by atoms with van der Waals surface area (Å²) >= 11 is 3.75. The van der Waals surface area contributed by atoms with E-state index in [4.69, 9.17) is 15.0 Å². The van der Waals surface area contributed by atoms with Crippen LogP contribution < -0.4 is 0 Å². The largest absolute Gasteiger partial charge is 0.208 e. The molecule has 0 aliphatic rings. The van der Waals surface area contributed by atoms with E-state index in [0.717, 1.165) is 32.3 Å². The van der Waals surface area contributed by atoms with Crippen LogP contribution >= 0.6 is 15.9 Å². The van der Waals surface area contributed by atoms with Crippen LogP contribution in [0.2, 0.25) is 0 Å². The van der Waals surface area contributed by atoms with Gasteiger partial charge < -0.3 is 0 Å². The topological polar surface area (TPSA) is 38.7 Å². The minimum absolute atomic E-state index is 0.636. The molecule has 7 aromatic rings. The van der Waals surface area contributed by atoms with Gasteiger partial charge in [0.1, 0.15) is 0 Å². The second-order valence-corrected chi connectivity index (χ2v) is 10.4. The Morgan fingerprint density at radius 2 is 0.897 bits per heavy atom. The van der Waals surface area contributed by atoms with E-state index in [1.54, 1.807) is 0 Å². The maximum absolute atomic E-state index is 4.92. The standard InChI is InChI=1S/C35H22BrN3/c36-30-21-28(26-17-18-32-27(19-26)16-15-23-9-7-8-14-31(23)32)20-29(22-30)35-38-33(24-10-3-1-4-11-24)37-34(39-35)25-12-5-2-6-13-25/h1-22H. The number of benzene rings is 6. The number of fused-ring (bicyclic) bond motifs is 3. The van der Waals surface area contributed by atoms with Gasteiger partial charge in [0.2, 0.25) is 0 Å². The predicted molar refractivity (Wildman–Crippen MR) is 164 cm³/mol. The van der Waals surface area contributed by atoms with Crippen LogP contribution in [0, 0.1) is 0 Å². The van der Waals surface area contributed by atoms with Gasteiger partial charge in [-0.05, 0) is 56.9 Å². The summed E-state index contributed by atoms with van der Waals surface area (Å²) in [6, 6.07) is 46.0. The number of rotatable bonds is 4. The average Bonchev–Trinajstić information content (AvgIpc) is 3.01. The molecule has 0 saturated carbocycles. The fraction of sp³-hybridized carbons (Fsp3) is 0. The van der Waals surface area contributed by atoms with Gasteiger partial charge in [-0.15, -0.1) is 0 Å². The van der Waals surface area contributed by atoms with Crippen molar-refractivity contribution in [2.45, 2.75) is 0 Å². The van der Waals surface area contributed by atoms with Crippen LogP contribution in [0.1, 0.15) is 0 Å². The summed E-state index contributed by atoms with van der Waals surface area (Å²) in [5.41, 5.74) is 5.07. The molecule has 3 nitrogen and oxygen atoms in total. The van der Waals surface area contributed by atoms with Crippen LogP contribution in [0.5, 0.6) is 0 Å². The van der Waals surface area contributed by atoms with E-state index in [1.165, 1.54) is 21.5 Å². The average molecular weight is 564 g/mol. The first-order chi connectivity index (χ1) is 19.2. The van der Waals surface area contributed by atoms with E-state index in [0.29, 0.717) is 17.5 Å². The maximum Gasteiger partial charge on any atom is 0.164 e. The van der Waals surface area contributed by atoms with E-state index in [1.807, 2.05) is 60.7 Å². The van der Waals surface area contributed by atoms with E-state index in [2.05, 4.69) is 88.7 Å². The summed E-state index contributed by atoms with van der Waals surface area (Å²) < 4.78 is 0.969. The second kappa shape index (κ2) is 9.90. The maximum atomic E-state index is 4.92. The first kappa shape index (κ1) is 23.4. The molecule has 39 heavy (non-hydrogen) atoms. The third kappa shape index (κ3) is 4.60. The molecule has 0 aliphatic heterocycles. The van der Waals surface area contributed by atoms with E-state index >= 15 is 0 Å². The summed E-state index contributed by atoms with van der Waals surface area (Å²) in [7, 11) is 0. The van der Waals surface area contributed by atoms with Gasteiger partial charge in [-0.2, -0.15) is 0 Å². The molecule has 1 heterocycles. The number of aromatic nitrogens is 3. The third-order valence-corrected chi connectivity index (χ3v) is 7.39. The molecule has 6 aromatic carbocycles. The first-order valence-corrected chi connectivity index (χ1v) is 13.6. The van der Waals surface area contributed by atoms with Gasteiger partial charge in [0.25, 0.3) is 0 Å². The van der Waals surface area contributed by atoms with Gasteiger partial charge in [0.15, 0.2) is 17.5 Å². The fourth-order valence-corrected chi connectivity index (χ4v) is 5.51. The van der Waals surface area contributed by atoms with Gasteiger partial charge in [0.05, 0.1) is 0 Å². The summed E-state index contributed by atoms with van der Waals surface area (Å²) in [6.45, 7) is 0. The van der Waals surface area contributed by atoms with Crippen LogP contribution in [0.3, 0.4) is 0 Å². The highest BCUT2D eigenvalue weighted by molar-refractivity contribution is 9.10. The van der Waals surface area contributed by atoms with E-state index in [-0.39, 0.29) is 0 Å². The smallest absolute Gasteiger partial charge is 0.164 e. The molecule has 1 aromatic heterocycles. The summed E-state index contributed by atoms with van der Waals surface area (Å²) in [5.74, 6) is 1.94. The molecule has 4 heteroatoms. The monoisotopic (exact) mass is 563 g/mol. The molecule has 184 valence electrons. The van der Waals surface area contributed by atoms with Crippen molar-refractivity contribution in [1.82, 2.24) is 15.0 Å². The lowest BCUT2D eigenvalue weighted by molar-refractivity contribution is 1.07. The van der Waals surface area contributed by atoms with Crippen LogP contribution in [-0.2, 0) is 0 Å². The molecule has 0 unspecified atom stereocenters. The second-order valence-electron chi connectivity index (χ2n) is 9.49. The van der Waals surface area contributed by atoms with Crippen molar-refractivity contribution in [3.05, 3.63) is 138 Å². The molecule has 0 atom stereocenters. The van der Waals surface area contributed by atoms with Crippen LogP contribution in [0.15, 0.2) is 138 Å². The molecule has 0 saturated heterocycles. The third-order valence-electron chi connectivity index (χ3n) is 6.93. The first-order valence-electron chi connectivity index (χ1n) is 12.8. The molecular formula is C35H22BrN3. The zero-order valence-electron chi connectivity index (χ0n) is 20.9. The molecule has 0 fully saturated rings. The number of halogens is 1. The van der Waals surface area contributed by atoms with Crippen molar-refractivity contribution in [2.24, 2.45) is 0 Å². The fourth-order valence-electron chi connectivity index (χ4n) is 5.02. The van der Waals surface area contributed by atoms with Gasteiger partial charge in [-0.3, -0.25) is 0 Å². The molecule has 0 spiro atoms. The van der Waals surface area contributed by atoms with Crippen LogP contribution in [0.25, 0.3) is 66.8 Å². The Bertz CT molecular complexity index is 1910. The Hall–Kier alpha value is -4.67. The SMILES string of the molecule is Brc1cc(-c2ccc3c(ccc4ccccc43)c2)cc(-c2nc(-c3ccccc3)nc(-c3ccccc3)n2)c1. The van der Waals surface area contributed by atoms with Gasteiger partial charge in [-0.25, -0.2) is 15.0 Å². The van der Waals surface area contributed by atoms with Crippen molar-refractivity contribution in [3.8, 4) is 45.3 Å². The molecule has 0 amide bonds. The molecule has 7 rings (SSSR count). The zero-order valence-corrected chi connectivity index (χ0v) is 22.5. The summed E-state index contributed by atoms with van der Waals surface area (Å²) in [5, 5.41) is 4.99. The van der Waals surface area contributed by atoms with Gasteiger partial charge in [0, 0.05) is 21.2 Å². The van der Waals surface area contributed by atoms with E-state index in [9.17, 15) is 0 Å². The molecular weight excluding hydrogens is 542 g/mol. The minimum Gasteiger partial charge on any atom is -0.208 e. The minimum atomic E-state index is 0.636. The van der Waals surface area contributed by atoms with Gasteiger partial charge >= 0.3 is 0 Å².